The molecular weight excluding hydrogens is 314 g/mol. The highest BCUT2D eigenvalue weighted by atomic mass is 35.5. The van der Waals surface area contributed by atoms with E-state index in [9.17, 15) is 4.79 Å². The lowest BCUT2D eigenvalue weighted by Gasteiger charge is -2.09. The van der Waals surface area contributed by atoms with Gasteiger partial charge < -0.3 is 14.6 Å². The summed E-state index contributed by atoms with van der Waals surface area (Å²) in [7, 11) is 0. The zero-order chi connectivity index (χ0) is 16.1. The Morgan fingerprint density at radius 2 is 1.96 bits per heavy atom. The van der Waals surface area contributed by atoms with E-state index in [-0.39, 0.29) is 12.5 Å². The van der Waals surface area contributed by atoms with Crippen LogP contribution in [0, 0.1) is 0 Å². The molecule has 0 fully saturated rings. The molecule has 0 bridgehead atoms. The molecule has 3 aromatic rings. The Morgan fingerprint density at radius 3 is 2.65 bits per heavy atom. The zero-order valence-corrected chi connectivity index (χ0v) is 12.9. The smallest absolute Gasteiger partial charge is 0.262 e. The average molecular weight is 328 g/mol. The minimum absolute atomic E-state index is 0.0877. The number of anilines is 1. The van der Waals surface area contributed by atoms with E-state index in [2.05, 4.69) is 10.3 Å². The van der Waals surface area contributed by atoms with Gasteiger partial charge in [0.05, 0.1) is 17.0 Å². The van der Waals surface area contributed by atoms with Crippen LogP contribution >= 0.6 is 11.6 Å². The van der Waals surface area contributed by atoms with Crippen molar-refractivity contribution in [3.8, 4) is 11.4 Å². The van der Waals surface area contributed by atoms with E-state index in [0.717, 1.165) is 5.69 Å². The molecule has 1 heterocycles. The lowest BCUT2D eigenvalue weighted by molar-refractivity contribution is -0.118. The van der Waals surface area contributed by atoms with Crippen LogP contribution in [0.1, 0.15) is 0 Å². The van der Waals surface area contributed by atoms with E-state index in [0.29, 0.717) is 16.5 Å². The fraction of sp³-hybridized carbons (Fsp3) is 0.0588. The number of nitrogens with one attached hydrogen (secondary N) is 1. The number of rotatable bonds is 5. The maximum absolute atomic E-state index is 11.9. The van der Waals surface area contributed by atoms with Gasteiger partial charge in [-0.1, -0.05) is 23.7 Å². The monoisotopic (exact) mass is 327 g/mol. The second-order valence-corrected chi connectivity index (χ2v) is 5.19. The Bertz CT molecular complexity index is 786. The highest BCUT2D eigenvalue weighted by Gasteiger charge is 2.06. The Labute approximate surface area is 138 Å². The summed E-state index contributed by atoms with van der Waals surface area (Å²) >= 11 is 5.99. The van der Waals surface area contributed by atoms with Crippen LogP contribution in [-0.4, -0.2) is 22.1 Å². The van der Waals surface area contributed by atoms with Crippen LogP contribution in [-0.2, 0) is 4.79 Å². The van der Waals surface area contributed by atoms with Gasteiger partial charge in [0, 0.05) is 18.1 Å². The lowest BCUT2D eigenvalue weighted by atomic mass is 10.3. The summed E-state index contributed by atoms with van der Waals surface area (Å²) in [5.74, 6) is 0.347. The van der Waals surface area contributed by atoms with Gasteiger partial charge in [0.25, 0.3) is 5.91 Å². The first-order valence-electron chi connectivity index (χ1n) is 6.98. The molecule has 1 N–H and O–H groups in total. The largest absolute Gasteiger partial charge is 0.484 e. The molecule has 1 amide bonds. The molecule has 0 atom stereocenters. The van der Waals surface area contributed by atoms with Crippen molar-refractivity contribution in [1.29, 1.82) is 0 Å². The van der Waals surface area contributed by atoms with Crippen LogP contribution in [0.3, 0.4) is 0 Å². The summed E-state index contributed by atoms with van der Waals surface area (Å²) in [6.45, 7) is -0.0877. The van der Waals surface area contributed by atoms with Gasteiger partial charge in [-0.3, -0.25) is 4.79 Å². The number of para-hydroxylation sites is 1. The van der Waals surface area contributed by atoms with Crippen LogP contribution in [0.5, 0.6) is 5.75 Å². The molecule has 6 heteroatoms. The Morgan fingerprint density at radius 1 is 1.17 bits per heavy atom. The third-order valence-electron chi connectivity index (χ3n) is 3.16. The molecule has 0 aliphatic carbocycles. The summed E-state index contributed by atoms with van der Waals surface area (Å²) < 4.78 is 7.36. The number of halogens is 1. The normalized spacial score (nSPS) is 10.3. The molecule has 1 aromatic heterocycles. The maximum atomic E-state index is 11.9. The summed E-state index contributed by atoms with van der Waals surface area (Å²) in [4.78, 5) is 15.9. The second kappa shape index (κ2) is 6.98. The molecule has 0 unspecified atom stereocenters. The third-order valence-corrected chi connectivity index (χ3v) is 3.49. The Kier molecular flexibility index (Phi) is 4.59. The molecule has 2 aromatic carbocycles. The number of nitrogens with zero attached hydrogens (tertiary/aromatic N) is 2. The van der Waals surface area contributed by atoms with Crippen molar-refractivity contribution in [3.63, 3.8) is 0 Å². The predicted octanol–water partition coefficient (Wildman–Crippen LogP) is 3.54. The van der Waals surface area contributed by atoms with Crippen molar-refractivity contribution in [1.82, 2.24) is 9.55 Å². The molecule has 3 rings (SSSR count). The van der Waals surface area contributed by atoms with Gasteiger partial charge >= 0.3 is 0 Å². The molecule has 23 heavy (non-hydrogen) atoms. The molecular formula is C17H14ClN3O2. The molecule has 0 saturated carbocycles. The fourth-order valence-corrected chi connectivity index (χ4v) is 2.21. The van der Waals surface area contributed by atoms with E-state index >= 15 is 0 Å². The number of hydrogen-bond donors (Lipinski definition) is 1. The fourth-order valence-electron chi connectivity index (χ4n) is 2.02. The van der Waals surface area contributed by atoms with E-state index in [1.54, 1.807) is 48.9 Å². The Balaban J connectivity index is 1.56. The van der Waals surface area contributed by atoms with Gasteiger partial charge in [0.2, 0.25) is 0 Å². The zero-order valence-electron chi connectivity index (χ0n) is 12.1. The standard InChI is InChI=1S/C17H14ClN3O2/c18-15-3-1-2-4-16(15)20-17(22)11-23-14-7-5-13(6-8-14)21-10-9-19-12-21/h1-10,12H,11H2,(H,20,22). The maximum Gasteiger partial charge on any atom is 0.262 e. The van der Waals surface area contributed by atoms with Crippen LogP contribution < -0.4 is 10.1 Å². The van der Waals surface area contributed by atoms with Crippen LogP contribution in [0.2, 0.25) is 5.02 Å². The highest BCUT2D eigenvalue weighted by molar-refractivity contribution is 6.33. The molecule has 0 spiro atoms. The second-order valence-electron chi connectivity index (χ2n) is 4.78. The first-order chi connectivity index (χ1) is 11.2. The number of ether oxygens (including phenoxy) is 1. The highest BCUT2D eigenvalue weighted by Crippen LogP contribution is 2.20. The van der Waals surface area contributed by atoms with Gasteiger partial charge in [-0.05, 0) is 36.4 Å². The summed E-state index contributed by atoms with van der Waals surface area (Å²) in [5.41, 5.74) is 1.54. The van der Waals surface area contributed by atoms with Crippen molar-refractivity contribution in [2.24, 2.45) is 0 Å². The first kappa shape index (κ1) is 15.1. The number of carbonyl (C=O) groups excluding carboxylic acids is 1. The van der Waals surface area contributed by atoms with E-state index in [4.69, 9.17) is 16.3 Å². The number of benzene rings is 2. The van der Waals surface area contributed by atoms with E-state index in [1.807, 2.05) is 22.9 Å². The lowest BCUT2D eigenvalue weighted by Crippen LogP contribution is -2.20. The van der Waals surface area contributed by atoms with E-state index in [1.165, 1.54) is 0 Å². The molecule has 0 radical (unpaired) electrons. The van der Waals surface area contributed by atoms with Crippen LogP contribution in [0.15, 0.2) is 67.3 Å². The van der Waals surface area contributed by atoms with E-state index < -0.39 is 0 Å². The topological polar surface area (TPSA) is 56.2 Å². The van der Waals surface area contributed by atoms with Gasteiger partial charge in [-0.2, -0.15) is 0 Å². The number of imidazole rings is 1. The van der Waals surface area contributed by atoms with Crippen LogP contribution in [0.4, 0.5) is 5.69 Å². The SMILES string of the molecule is O=C(COc1ccc(-n2ccnc2)cc1)Nc1ccccc1Cl. The van der Waals surface area contributed by atoms with Gasteiger partial charge in [-0.15, -0.1) is 0 Å². The summed E-state index contributed by atoms with van der Waals surface area (Å²) in [6.07, 6.45) is 5.28. The Hall–Kier alpha value is -2.79. The number of hydrogen-bond acceptors (Lipinski definition) is 3. The van der Waals surface area contributed by atoms with Gasteiger partial charge in [0.15, 0.2) is 6.61 Å². The van der Waals surface area contributed by atoms with Crippen molar-refractivity contribution < 1.29 is 9.53 Å². The summed E-state index contributed by atoms with van der Waals surface area (Å²) in [6, 6.07) is 14.4. The average Bonchev–Trinajstić information content (AvgIpc) is 3.10. The minimum atomic E-state index is -0.267. The molecule has 0 aliphatic heterocycles. The quantitative estimate of drug-likeness (QED) is 0.779. The number of carbonyl (C=O) groups is 1. The third kappa shape index (κ3) is 3.90. The van der Waals surface area contributed by atoms with Crippen molar-refractivity contribution in [3.05, 3.63) is 72.3 Å². The number of amides is 1. The van der Waals surface area contributed by atoms with Gasteiger partial charge in [0.1, 0.15) is 5.75 Å². The molecule has 5 nitrogen and oxygen atoms in total. The van der Waals surface area contributed by atoms with Gasteiger partial charge in [-0.25, -0.2) is 4.98 Å². The molecule has 0 aliphatic rings. The van der Waals surface area contributed by atoms with Crippen molar-refractivity contribution in [2.45, 2.75) is 0 Å². The minimum Gasteiger partial charge on any atom is -0.484 e. The van der Waals surface area contributed by atoms with Crippen molar-refractivity contribution >= 4 is 23.2 Å². The van der Waals surface area contributed by atoms with Crippen LogP contribution in [0.25, 0.3) is 5.69 Å². The number of aromatic nitrogens is 2. The predicted molar refractivity (Wildman–Crippen MR) is 89.1 cm³/mol. The first-order valence-corrected chi connectivity index (χ1v) is 7.36. The van der Waals surface area contributed by atoms with Crippen molar-refractivity contribution in [2.75, 3.05) is 11.9 Å². The summed E-state index contributed by atoms with van der Waals surface area (Å²) in [5, 5.41) is 3.20. The molecule has 0 saturated heterocycles. The molecule has 116 valence electrons.